The van der Waals surface area contributed by atoms with Crippen LogP contribution in [-0.4, -0.2) is 23.3 Å². The maximum atomic E-state index is 11.9. The van der Waals surface area contributed by atoms with Gasteiger partial charge in [-0.2, -0.15) is 5.06 Å². The van der Waals surface area contributed by atoms with Gasteiger partial charge in [-0.15, -0.1) is 0 Å². The number of benzene rings is 1. The summed E-state index contributed by atoms with van der Waals surface area (Å²) in [5.41, 5.74) is 0.958. The topological polar surface area (TPSA) is 38.8 Å². The van der Waals surface area contributed by atoms with Crippen molar-refractivity contribution < 1.29 is 14.4 Å². The molecule has 4 heteroatoms. The molecule has 0 aromatic heterocycles. The van der Waals surface area contributed by atoms with E-state index in [2.05, 4.69) is 0 Å². The van der Waals surface area contributed by atoms with E-state index in [9.17, 15) is 4.79 Å². The van der Waals surface area contributed by atoms with Crippen LogP contribution in [0, 0.1) is 0 Å². The third kappa shape index (κ3) is 3.11. The third-order valence-electron chi connectivity index (χ3n) is 2.70. The van der Waals surface area contributed by atoms with E-state index in [1.807, 2.05) is 56.3 Å². The number of amides is 1. The predicted molar refractivity (Wildman–Crippen MR) is 67.6 cm³/mol. The van der Waals surface area contributed by atoms with Crippen molar-refractivity contribution in [2.75, 3.05) is 0 Å². The van der Waals surface area contributed by atoms with Crippen LogP contribution in [0.5, 0.6) is 0 Å². The Morgan fingerprint density at radius 2 is 2.00 bits per heavy atom. The Morgan fingerprint density at radius 3 is 2.72 bits per heavy atom. The van der Waals surface area contributed by atoms with Crippen molar-refractivity contribution in [2.45, 2.75) is 32.6 Å². The van der Waals surface area contributed by atoms with Crippen molar-refractivity contribution in [1.82, 2.24) is 5.06 Å². The Balaban J connectivity index is 1.90. The lowest BCUT2D eigenvalue weighted by Crippen LogP contribution is -2.42. The molecule has 2 rings (SSSR count). The second kappa shape index (κ2) is 5.69. The Kier molecular flexibility index (Phi) is 3.99. The molecular formula is C14H17NO3. The summed E-state index contributed by atoms with van der Waals surface area (Å²) in [6.07, 6.45) is 3.29. The van der Waals surface area contributed by atoms with E-state index in [1.54, 1.807) is 0 Å². The molecule has 2 atom stereocenters. The van der Waals surface area contributed by atoms with Crippen LogP contribution in [0.3, 0.4) is 0 Å². The SMILES string of the molecule is C[C@@H]1C=C[C@H](C)N(C(=O)OCc2ccccc2)O1. The number of hydrogen-bond donors (Lipinski definition) is 0. The lowest BCUT2D eigenvalue weighted by molar-refractivity contribution is -0.176. The lowest BCUT2D eigenvalue weighted by Gasteiger charge is -2.30. The van der Waals surface area contributed by atoms with Crippen LogP contribution in [-0.2, 0) is 16.2 Å². The fourth-order valence-electron chi connectivity index (χ4n) is 1.70. The zero-order valence-electron chi connectivity index (χ0n) is 10.6. The normalized spacial score (nSPS) is 22.9. The first-order chi connectivity index (χ1) is 8.66. The van der Waals surface area contributed by atoms with E-state index in [1.165, 1.54) is 5.06 Å². The molecule has 1 aromatic rings. The van der Waals surface area contributed by atoms with Gasteiger partial charge in [-0.3, -0.25) is 4.84 Å². The van der Waals surface area contributed by atoms with Crippen molar-refractivity contribution in [3.8, 4) is 0 Å². The van der Waals surface area contributed by atoms with Gasteiger partial charge >= 0.3 is 6.09 Å². The van der Waals surface area contributed by atoms with Crippen molar-refractivity contribution in [3.05, 3.63) is 48.0 Å². The van der Waals surface area contributed by atoms with E-state index >= 15 is 0 Å². The number of rotatable bonds is 2. The van der Waals surface area contributed by atoms with E-state index in [-0.39, 0.29) is 18.8 Å². The molecule has 96 valence electrons. The average molecular weight is 247 g/mol. The predicted octanol–water partition coefficient (Wildman–Crippen LogP) is 2.90. The van der Waals surface area contributed by atoms with Crippen molar-refractivity contribution in [3.63, 3.8) is 0 Å². The van der Waals surface area contributed by atoms with Crippen LogP contribution in [0.25, 0.3) is 0 Å². The second-order valence-electron chi connectivity index (χ2n) is 4.30. The molecular weight excluding hydrogens is 230 g/mol. The molecule has 0 spiro atoms. The fourth-order valence-corrected chi connectivity index (χ4v) is 1.70. The first-order valence-electron chi connectivity index (χ1n) is 6.02. The Morgan fingerprint density at radius 1 is 1.28 bits per heavy atom. The molecule has 4 nitrogen and oxygen atoms in total. The van der Waals surface area contributed by atoms with Crippen LogP contribution in [0.2, 0.25) is 0 Å². The van der Waals surface area contributed by atoms with Gasteiger partial charge in [-0.1, -0.05) is 42.5 Å². The molecule has 0 saturated carbocycles. The zero-order chi connectivity index (χ0) is 13.0. The van der Waals surface area contributed by atoms with Crippen molar-refractivity contribution in [1.29, 1.82) is 0 Å². The minimum atomic E-state index is -0.456. The largest absolute Gasteiger partial charge is 0.443 e. The number of carbonyl (C=O) groups excluding carboxylic acids is 1. The van der Waals surface area contributed by atoms with Crippen LogP contribution >= 0.6 is 0 Å². The molecule has 1 heterocycles. The summed E-state index contributed by atoms with van der Waals surface area (Å²) < 4.78 is 5.21. The van der Waals surface area contributed by atoms with Crippen LogP contribution in [0.1, 0.15) is 19.4 Å². The van der Waals surface area contributed by atoms with Crippen LogP contribution < -0.4 is 0 Å². The summed E-state index contributed by atoms with van der Waals surface area (Å²) in [5.74, 6) is 0. The average Bonchev–Trinajstić information content (AvgIpc) is 2.40. The third-order valence-corrected chi connectivity index (χ3v) is 2.70. The molecule has 0 aliphatic carbocycles. The molecule has 0 N–H and O–H groups in total. The van der Waals surface area contributed by atoms with Gasteiger partial charge in [0.25, 0.3) is 0 Å². The molecule has 0 radical (unpaired) electrons. The van der Waals surface area contributed by atoms with Gasteiger partial charge in [0.2, 0.25) is 0 Å². The van der Waals surface area contributed by atoms with Gasteiger partial charge in [0.05, 0.1) is 6.04 Å². The molecule has 0 bridgehead atoms. The Labute approximate surface area is 107 Å². The maximum Gasteiger partial charge on any atom is 0.434 e. The van der Waals surface area contributed by atoms with E-state index in [4.69, 9.17) is 9.57 Å². The second-order valence-corrected chi connectivity index (χ2v) is 4.30. The summed E-state index contributed by atoms with van der Waals surface area (Å²) in [7, 11) is 0. The highest BCUT2D eigenvalue weighted by molar-refractivity contribution is 5.67. The Hall–Kier alpha value is -1.81. The molecule has 1 aromatic carbocycles. The highest BCUT2D eigenvalue weighted by atomic mass is 16.7. The summed E-state index contributed by atoms with van der Waals surface area (Å²) >= 11 is 0. The molecule has 0 unspecified atom stereocenters. The minimum absolute atomic E-state index is 0.106. The van der Waals surface area contributed by atoms with Crippen molar-refractivity contribution in [2.24, 2.45) is 0 Å². The number of hydrogen-bond acceptors (Lipinski definition) is 3. The standard InChI is InChI=1S/C14H17NO3/c1-11-8-9-12(2)18-15(11)14(16)17-10-13-6-4-3-5-7-13/h3-9,11-12H,10H2,1-2H3/t11-,12+/m0/s1. The quantitative estimate of drug-likeness (QED) is 0.754. The smallest absolute Gasteiger partial charge is 0.434 e. The number of ether oxygens (including phenoxy) is 1. The fraction of sp³-hybridized carbons (Fsp3) is 0.357. The van der Waals surface area contributed by atoms with E-state index in [0.29, 0.717) is 0 Å². The number of nitrogens with zero attached hydrogens (tertiary/aromatic N) is 1. The molecule has 18 heavy (non-hydrogen) atoms. The molecule has 1 aliphatic heterocycles. The summed E-state index contributed by atoms with van der Waals surface area (Å²) in [6.45, 7) is 4.01. The van der Waals surface area contributed by atoms with Gasteiger partial charge in [0, 0.05) is 0 Å². The van der Waals surface area contributed by atoms with Crippen LogP contribution in [0.15, 0.2) is 42.5 Å². The van der Waals surface area contributed by atoms with Gasteiger partial charge in [0.1, 0.15) is 12.7 Å². The van der Waals surface area contributed by atoms with Gasteiger partial charge < -0.3 is 4.74 Å². The highest BCUT2D eigenvalue weighted by Gasteiger charge is 2.25. The number of carbonyl (C=O) groups is 1. The molecule has 0 saturated heterocycles. The number of hydroxylamine groups is 2. The lowest BCUT2D eigenvalue weighted by atomic mass is 10.2. The molecule has 1 amide bonds. The van der Waals surface area contributed by atoms with E-state index < -0.39 is 6.09 Å². The highest BCUT2D eigenvalue weighted by Crippen LogP contribution is 2.15. The first kappa shape index (κ1) is 12.6. The minimum Gasteiger partial charge on any atom is -0.443 e. The van der Waals surface area contributed by atoms with Crippen molar-refractivity contribution >= 4 is 6.09 Å². The summed E-state index contributed by atoms with van der Waals surface area (Å²) in [4.78, 5) is 17.3. The van der Waals surface area contributed by atoms with Gasteiger partial charge in [-0.25, -0.2) is 4.79 Å². The summed E-state index contributed by atoms with van der Waals surface area (Å²) in [5, 5.41) is 1.27. The maximum absolute atomic E-state index is 11.9. The van der Waals surface area contributed by atoms with Gasteiger partial charge in [0.15, 0.2) is 0 Å². The zero-order valence-corrected chi connectivity index (χ0v) is 10.6. The van der Waals surface area contributed by atoms with Crippen LogP contribution in [0.4, 0.5) is 4.79 Å². The monoisotopic (exact) mass is 247 g/mol. The molecule has 1 aliphatic rings. The molecule has 0 fully saturated rings. The van der Waals surface area contributed by atoms with E-state index in [0.717, 1.165) is 5.56 Å². The Bertz CT molecular complexity index is 430. The summed E-state index contributed by atoms with van der Waals surface area (Å²) in [6, 6.07) is 9.46. The van der Waals surface area contributed by atoms with Gasteiger partial charge in [-0.05, 0) is 19.4 Å². The first-order valence-corrected chi connectivity index (χ1v) is 6.02.